The number of morpholine rings is 1. The molecule has 0 bridgehead atoms. The Morgan fingerprint density at radius 3 is 2.00 bits per heavy atom. The van der Waals surface area contributed by atoms with Gasteiger partial charge in [0.25, 0.3) is 0 Å². The molecule has 1 heterocycles. The molecule has 1 aliphatic heterocycles. The van der Waals surface area contributed by atoms with E-state index in [0.717, 1.165) is 32.2 Å². The van der Waals surface area contributed by atoms with E-state index in [2.05, 4.69) is 11.8 Å². The van der Waals surface area contributed by atoms with E-state index in [9.17, 15) is 0 Å². The van der Waals surface area contributed by atoms with Gasteiger partial charge in [0.15, 0.2) is 0 Å². The molecule has 68 valence electrons. The largest absolute Gasteiger partial charge is 0.379 e. The number of ether oxygens (including phenoxy) is 1. The zero-order valence-corrected chi connectivity index (χ0v) is 8.23. The van der Waals surface area contributed by atoms with Gasteiger partial charge in [-0.15, -0.1) is 11.6 Å². The van der Waals surface area contributed by atoms with E-state index in [1.807, 2.05) is 6.92 Å². The van der Waals surface area contributed by atoms with Crippen molar-refractivity contribution in [3.8, 4) is 0 Å². The lowest BCUT2D eigenvalue weighted by atomic mass is 10.4. The minimum atomic E-state index is 0.722. The topological polar surface area (TPSA) is 12.5 Å². The van der Waals surface area contributed by atoms with Gasteiger partial charge in [0.05, 0.1) is 13.2 Å². The zero-order valence-electron chi connectivity index (χ0n) is 7.48. The summed E-state index contributed by atoms with van der Waals surface area (Å²) in [7, 11) is 0. The quantitative estimate of drug-likeness (QED) is 0.567. The van der Waals surface area contributed by atoms with E-state index >= 15 is 0 Å². The van der Waals surface area contributed by atoms with Gasteiger partial charge in [0, 0.05) is 19.0 Å². The molecule has 1 saturated heterocycles. The van der Waals surface area contributed by atoms with Crippen LogP contribution in [-0.2, 0) is 4.74 Å². The summed E-state index contributed by atoms with van der Waals surface area (Å²) in [6.45, 7) is 9.34. The SMILES string of the molecule is CCCl.CCN1CCOCC1. The van der Waals surface area contributed by atoms with Gasteiger partial charge in [-0.05, 0) is 6.54 Å². The summed E-state index contributed by atoms with van der Waals surface area (Å²) in [6, 6.07) is 0. The number of hydrogen-bond donors (Lipinski definition) is 0. The van der Waals surface area contributed by atoms with E-state index in [1.54, 1.807) is 0 Å². The summed E-state index contributed by atoms with van der Waals surface area (Å²) >= 11 is 5.00. The third kappa shape index (κ3) is 6.60. The summed E-state index contributed by atoms with van der Waals surface area (Å²) in [6.07, 6.45) is 0. The van der Waals surface area contributed by atoms with Crippen molar-refractivity contribution in [2.24, 2.45) is 0 Å². The first-order valence-electron chi connectivity index (χ1n) is 4.21. The van der Waals surface area contributed by atoms with Crippen LogP contribution in [0.1, 0.15) is 13.8 Å². The van der Waals surface area contributed by atoms with Crippen molar-refractivity contribution in [3.63, 3.8) is 0 Å². The van der Waals surface area contributed by atoms with E-state index in [-0.39, 0.29) is 0 Å². The maximum absolute atomic E-state index is 5.16. The fourth-order valence-corrected chi connectivity index (χ4v) is 0.917. The predicted molar refractivity (Wildman–Crippen MR) is 49.3 cm³/mol. The number of alkyl halides is 1. The Balaban J connectivity index is 0.000000292. The lowest BCUT2D eigenvalue weighted by Crippen LogP contribution is -2.35. The fraction of sp³-hybridized carbons (Fsp3) is 1.00. The second kappa shape index (κ2) is 8.31. The molecule has 1 fully saturated rings. The molecular weight excluding hydrogens is 162 g/mol. The molecule has 0 aromatic heterocycles. The van der Waals surface area contributed by atoms with Gasteiger partial charge in [-0.3, -0.25) is 4.90 Å². The third-order valence-corrected chi connectivity index (χ3v) is 1.55. The van der Waals surface area contributed by atoms with Gasteiger partial charge in [0.1, 0.15) is 0 Å². The van der Waals surface area contributed by atoms with Crippen molar-refractivity contribution >= 4 is 11.6 Å². The highest BCUT2D eigenvalue weighted by molar-refractivity contribution is 6.17. The highest BCUT2D eigenvalue weighted by Gasteiger charge is 2.05. The predicted octanol–water partition coefficient (Wildman–Crippen LogP) is 1.58. The third-order valence-electron chi connectivity index (χ3n) is 1.55. The number of nitrogens with zero attached hydrogens (tertiary/aromatic N) is 1. The molecule has 0 radical (unpaired) electrons. The molecule has 0 aliphatic carbocycles. The molecule has 2 nitrogen and oxygen atoms in total. The van der Waals surface area contributed by atoms with Crippen LogP contribution in [0.4, 0.5) is 0 Å². The maximum Gasteiger partial charge on any atom is 0.0594 e. The molecule has 1 aliphatic rings. The van der Waals surface area contributed by atoms with Crippen LogP contribution >= 0.6 is 11.6 Å². The minimum absolute atomic E-state index is 0.722. The van der Waals surface area contributed by atoms with Crippen LogP contribution in [0.25, 0.3) is 0 Å². The molecule has 0 unspecified atom stereocenters. The van der Waals surface area contributed by atoms with Gasteiger partial charge < -0.3 is 4.74 Å². The Kier molecular flexibility index (Phi) is 8.47. The first-order chi connectivity index (χ1) is 5.35. The van der Waals surface area contributed by atoms with Gasteiger partial charge in [-0.1, -0.05) is 13.8 Å². The fourth-order valence-electron chi connectivity index (χ4n) is 0.917. The number of halogens is 1. The van der Waals surface area contributed by atoms with Crippen LogP contribution in [0.3, 0.4) is 0 Å². The molecule has 1 rings (SSSR count). The maximum atomic E-state index is 5.16. The summed E-state index contributed by atoms with van der Waals surface area (Å²) in [5.74, 6) is 0.722. The molecule has 0 amide bonds. The Morgan fingerprint density at radius 1 is 1.27 bits per heavy atom. The van der Waals surface area contributed by atoms with Crippen molar-refractivity contribution in [3.05, 3.63) is 0 Å². The van der Waals surface area contributed by atoms with Gasteiger partial charge >= 0.3 is 0 Å². The molecule has 11 heavy (non-hydrogen) atoms. The molecular formula is C8H18ClNO. The van der Waals surface area contributed by atoms with Crippen LogP contribution in [0, 0.1) is 0 Å². The molecule has 0 spiro atoms. The Labute approximate surface area is 74.5 Å². The molecule has 3 heteroatoms. The highest BCUT2D eigenvalue weighted by atomic mass is 35.5. The van der Waals surface area contributed by atoms with E-state index in [0.29, 0.717) is 0 Å². The average Bonchev–Trinajstić information content (AvgIpc) is 2.08. The second-order valence-electron chi connectivity index (χ2n) is 2.31. The summed E-state index contributed by atoms with van der Waals surface area (Å²) in [4.78, 5) is 2.39. The van der Waals surface area contributed by atoms with Crippen molar-refractivity contribution in [2.75, 3.05) is 38.7 Å². The summed E-state index contributed by atoms with van der Waals surface area (Å²) in [5.41, 5.74) is 0. The Hall–Kier alpha value is 0.210. The second-order valence-corrected chi connectivity index (χ2v) is 2.85. The van der Waals surface area contributed by atoms with Crippen molar-refractivity contribution in [1.82, 2.24) is 4.90 Å². The van der Waals surface area contributed by atoms with Gasteiger partial charge in [-0.25, -0.2) is 0 Å². The summed E-state index contributed by atoms with van der Waals surface area (Å²) < 4.78 is 5.16. The molecule has 0 atom stereocenters. The van der Waals surface area contributed by atoms with Crippen LogP contribution in [0.5, 0.6) is 0 Å². The standard InChI is InChI=1S/C6H13NO.C2H5Cl/c1-2-7-3-5-8-6-4-7;1-2-3/h2-6H2,1H3;2H2,1H3. The van der Waals surface area contributed by atoms with E-state index in [1.165, 1.54) is 6.54 Å². The highest BCUT2D eigenvalue weighted by Crippen LogP contribution is 1.93. The monoisotopic (exact) mass is 179 g/mol. The van der Waals surface area contributed by atoms with Crippen LogP contribution in [0.2, 0.25) is 0 Å². The zero-order chi connectivity index (χ0) is 8.53. The minimum Gasteiger partial charge on any atom is -0.379 e. The number of rotatable bonds is 1. The number of hydrogen-bond acceptors (Lipinski definition) is 2. The van der Waals surface area contributed by atoms with Crippen LogP contribution in [0.15, 0.2) is 0 Å². The molecule has 0 N–H and O–H groups in total. The average molecular weight is 180 g/mol. The van der Waals surface area contributed by atoms with Gasteiger partial charge in [0.2, 0.25) is 0 Å². The smallest absolute Gasteiger partial charge is 0.0594 e. The summed E-state index contributed by atoms with van der Waals surface area (Å²) in [5, 5.41) is 0. The first kappa shape index (κ1) is 11.2. The number of likely N-dealkylation sites (N-methyl/N-ethyl adjacent to an activating group) is 1. The lowest BCUT2D eigenvalue weighted by Gasteiger charge is -2.24. The van der Waals surface area contributed by atoms with Crippen molar-refractivity contribution in [2.45, 2.75) is 13.8 Å². The Bertz CT molecular complexity index is 74.5. The van der Waals surface area contributed by atoms with Crippen LogP contribution < -0.4 is 0 Å². The van der Waals surface area contributed by atoms with Gasteiger partial charge in [-0.2, -0.15) is 0 Å². The van der Waals surface area contributed by atoms with Crippen molar-refractivity contribution < 1.29 is 4.74 Å². The molecule has 0 aromatic carbocycles. The van der Waals surface area contributed by atoms with E-state index in [4.69, 9.17) is 16.3 Å². The van der Waals surface area contributed by atoms with Crippen molar-refractivity contribution in [1.29, 1.82) is 0 Å². The Morgan fingerprint density at radius 2 is 1.73 bits per heavy atom. The van der Waals surface area contributed by atoms with Crippen LogP contribution in [-0.4, -0.2) is 43.6 Å². The van der Waals surface area contributed by atoms with E-state index < -0.39 is 0 Å². The normalized spacial score (nSPS) is 18.8. The first-order valence-corrected chi connectivity index (χ1v) is 4.74. The molecule has 0 aromatic rings. The molecule has 0 saturated carbocycles. The lowest BCUT2D eigenvalue weighted by molar-refractivity contribution is 0.0405.